The molecule has 0 spiro atoms. The zero-order valence-corrected chi connectivity index (χ0v) is 13.3. The highest BCUT2D eigenvalue weighted by atomic mass is 16.6. The number of anilines is 1. The van der Waals surface area contributed by atoms with Crippen LogP contribution in [0.1, 0.15) is 12.6 Å². The minimum Gasteiger partial charge on any atom is -0.388 e. The highest BCUT2D eigenvalue weighted by Crippen LogP contribution is 2.55. The molecular weight excluding hydrogens is 318 g/mol. The van der Waals surface area contributed by atoms with E-state index in [0.717, 1.165) is 0 Å². The summed E-state index contributed by atoms with van der Waals surface area (Å²) in [6, 6.07) is 0. The van der Waals surface area contributed by atoms with Gasteiger partial charge in [-0.3, -0.25) is 14.3 Å². The fourth-order valence-electron chi connectivity index (χ4n) is 3.94. The van der Waals surface area contributed by atoms with Crippen LogP contribution in [0.3, 0.4) is 0 Å². The van der Waals surface area contributed by atoms with E-state index in [9.17, 15) is 9.90 Å². The zero-order valence-electron chi connectivity index (χ0n) is 13.3. The number of imidazole rings is 1. The Morgan fingerprint density at radius 3 is 3.08 bits per heavy atom. The maximum Gasteiger partial charge on any atom is 0.280 e. The molecule has 4 rings (SSSR count). The third-order valence-electron chi connectivity index (χ3n) is 4.99. The normalized spacial score (nSPS) is 35.1. The number of hydrogen-bond donors (Lipinski definition) is 3. The minimum absolute atomic E-state index is 0.0221. The predicted octanol–water partition coefficient (Wildman–Crippen LogP) is -0.988. The van der Waals surface area contributed by atoms with E-state index in [-0.39, 0.29) is 29.1 Å². The molecule has 0 radical (unpaired) electrons. The number of nitrogens with two attached hydrogens (primary N) is 1. The molecule has 2 aromatic heterocycles. The van der Waals surface area contributed by atoms with Crippen molar-refractivity contribution in [2.75, 3.05) is 26.6 Å². The molecule has 10 nitrogen and oxygen atoms in total. The summed E-state index contributed by atoms with van der Waals surface area (Å²) in [6.45, 7) is 0.341. The lowest BCUT2D eigenvalue weighted by atomic mass is 9.66. The van der Waals surface area contributed by atoms with Gasteiger partial charge in [-0.2, -0.15) is 4.98 Å². The van der Waals surface area contributed by atoms with Crippen LogP contribution in [0.15, 0.2) is 11.1 Å². The van der Waals surface area contributed by atoms with Crippen molar-refractivity contribution in [1.29, 1.82) is 0 Å². The number of nitrogens with one attached hydrogen (secondary N) is 1. The molecule has 3 unspecified atom stereocenters. The quantitative estimate of drug-likeness (QED) is 0.647. The van der Waals surface area contributed by atoms with Gasteiger partial charge >= 0.3 is 0 Å². The van der Waals surface area contributed by atoms with Crippen LogP contribution >= 0.6 is 0 Å². The molecule has 3 heterocycles. The number of aliphatic hydroxyl groups excluding tert-OH is 1. The summed E-state index contributed by atoms with van der Waals surface area (Å²) in [6.07, 6.45) is 0.338. The maximum atomic E-state index is 11.9. The number of aromatic amines is 1. The average Bonchev–Trinajstić information content (AvgIpc) is 3.00. The standard InChI is InChI=1S/C14H19N5O5/c1-22-4-14-3-6(23-2)7(14)9(20)12(24-14)19-5-16-8-10(19)17-13(15)18-11(8)21/h5-7,9,12,20H,3-4H2,1-2H3,(H3,15,17,18,21)/t6?,7?,9?,12-,14-/m1/s1. The Labute approximate surface area is 136 Å². The van der Waals surface area contributed by atoms with Crippen molar-refractivity contribution in [3.8, 4) is 0 Å². The number of rotatable bonds is 4. The van der Waals surface area contributed by atoms with Gasteiger partial charge in [0.15, 0.2) is 17.4 Å². The third-order valence-corrected chi connectivity index (χ3v) is 4.99. The minimum atomic E-state index is -0.849. The van der Waals surface area contributed by atoms with Crippen molar-refractivity contribution in [2.24, 2.45) is 5.92 Å². The molecule has 2 fully saturated rings. The molecule has 1 aliphatic heterocycles. The number of nitrogen functional groups attached to an aromatic ring is 1. The third kappa shape index (κ3) is 1.94. The predicted molar refractivity (Wildman–Crippen MR) is 82.2 cm³/mol. The Morgan fingerprint density at radius 1 is 1.58 bits per heavy atom. The molecule has 2 aromatic rings. The van der Waals surface area contributed by atoms with Crippen molar-refractivity contribution in [2.45, 2.75) is 30.5 Å². The van der Waals surface area contributed by atoms with Crippen LogP contribution in [0.2, 0.25) is 0 Å². The van der Waals surface area contributed by atoms with Crippen LogP contribution in [0.25, 0.3) is 11.2 Å². The second-order valence-corrected chi connectivity index (χ2v) is 6.28. The number of ether oxygens (including phenoxy) is 3. The van der Waals surface area contributed by atoms with Crippen LogP contribution in [-0.2, 0) is 14.2 Å². The topological polar surface area (TPSA) is 138 Å². The molecule has 1 aliphatic carbocycles. The molecule has 0 aromatic carbocycles. The molecule has 1 saturated heterocycles. The van der Waals surface area contributed by atoms with Crippen LogP contribution in [0.5, 0.6) is 0 Å². The monoisotopic (exact) mass is 337 g/mol. The molecule has 5 atom stereocenters. The summed E-state index contributed by atoms with van der Waals surface area (Å²) in [5.41, 5.74) is 4.97. The Morgan fingerprint density at radius 2 is 2.38 bits per heavy atom. The summed E-state index contributed by atoms with van der Waals surface area (Å²) < 4.78 is 18.4. The maximum absolute atomic E-state index is 11.9. The number of aliphatic hydroxyl groups is 1. The van der Waals surface area contributed by atoms with E-state index in [4.69, 9.17) is 19.9 Å². The van der Waals surface area contributed by atoms with E-state index >= 15 is 0 Å². The summed E-state index contributed by atoms with van der Waals surface area (Å²) in [5, 5.41) is 10.8. The number of methoxy groups -OCH3 is 2. The van der Waals surface area contributed by atoms with Gasteiger partial charge in [0, 0.05) is 26.6 Å². The summed E-state index contributed by atoms with van der Waals surface area (Å²) in [4.78, 5) is 22.5. The first-order chi connectivity index (χ1) is 11.5. The summed E-state index contributed by atoms with van der Waals surface area (Å²) >= 11 is 0. The lowest BCUT2D eigenvalue weighted by Gasteiger charge is -2.48. The van der Waals surface area contributed by atoms with Gasteiger partial charge < -0.3 is 25.1 Å². The van der Waals surface area contributed by atoms with Gasteiger partial charge in [0.25, 0.3) is 5.56 Å². The van der Waals surface area contributed by atoms with Gasteiger partial charge in [0.2, 0.25) is 5.95 Å². The molecule has 2 aliphatic rings. The summed E-state index contributed by atoms with van der Waals surface area (Å²) in [5.74, 6) is -0.254. The Balaban J connectivity index is 1.77. The largest absolute Gasteiger partial charge is 0.388 e. The van der Waals surface area contributed by atoms with Gasteiger partial charge in [0.05, 0.1) is 19.0 Å². The van der Waals surface area contributed by atoms with Gasteiger partial charge in [-0.25, -0.2) is 4.98 Å². The first-order valence-corrected chi connectivity index (χ1v) is 7.60. The molecule has 24 heavy (non-hydrogen) atoms. The van der Waals surface area contributed by atoms with Crippen molar-refractivity contribution in [3.63, 3.8) is 0 Å². The lowest BCUT2D eigenvalue weighted by molar-refractivity contribution is -0.207. The highest BCUT2D eigenvalue weighted by molar-refractivity contribution is 5.70. The van der Waals surface area contributed by atoms with Gasteiger partial charge in [0.1, 0.15) is 11.7 Å². The van der Waals surface area contributed by atoms with E-state index in [0.29, 0.717) is 13.0 Å². The van der Waals surface area contributed by atoms with E-state index in [1.165, 1.54) is 10.9 Å². The van der Waals surface area contributed by atoms with Crippen LogP contribution in [0.4, 0.5) is 5.95 Å². The summed E-state index contributed by atoms with van der Waals surface area (Å²) in [7, 11) is 3.19. The highest BCUT2D eigenvalue weighted by Gasteiger charge is 2.66. The first-order valence-electron chi connectivity index (χ1n) is 7.60. The second kappa shape index (κ2) is 5.24. The van der Waals surface area contributed by atoms with Crippen molar-refractivity contribution < 1.29 is 19.3 Å². The molecular formula is C14H19N5O5. The van der Waals surface area contributed by atoms with E-state index in [1.807, 2.05) is 0 Å². The lowest BCUT2D eigenvalue weighted by Crippen LogP contribution is -2.60. The van der Waals surface area contributed by atoms with Crippen LogP contribution in [-0.4, -0.2) is 63.3 Å². The first kappa shape index (κ1) is 15.5. The van der Waals surface area contributed by atoms with Gasteiger partial charge in [-0.1, -0.05) is 0 Å². The molecule has 0 amide bonds. The van der Waals surface area contributed by atoms with E-state index < -0.39 is 23.5 Å². The number of aromatic nitrogens is 4. The molecule has 130 valence electrons. The smallest absolute Gasteiger partial charge is 0.280 e. The zero-order chi connectivity index (χ0) is 17.1. The molecule has 1 saturated carbocycles. The van der Waals surface area contributed by atoms with Gasteiger partial charge in [-0.05, 0) is 0 Å². The van der Waals surface area contributed by atoms with E-state index in [2.05, 4.69) is 15.0 Å². The number of H-pyrrole nitrogens is 1. The van der Waals surface area contributed by atoms with E-state index in [1.54, 1.807) is 14.2 Å². The molecule has 0 bridgehead atoms. The number of hydrogen-bond acceptors (Lipinski definition) is 8. The van der Waals surface area contributed by atoms with Crippen molar-refractivity contribution in [3.05, 3.63) is 16.7 Å². The Kier molecular flexibility index (Phi) is 3.39. The second-order valence-electron chi connectivity index (χ2n) is 6.28. The molecule has 10 heteroatoms. The van der Waals surface area contributed by atoms with Crippen LogP contribution < -0.4 is 11.3 Å². The SMILES string of the molecule is COC[C@]12CC(OC)C1C(O)[C@H](n1cnc3c(=O)[nH]c(N)nc31)O2. The Hall–Kier alpha value is -2.01. The van der Waals surface area contributed by atoms with Crippen LogP contribution in [0, 0.1) is 5.92 Å². The van der Waals surface area contributed by atoms with Crippen molar-refractivity contribution >= 4 is 17.1 Å². The number of nitrogens with zero attached hydrogens (tertiary/aromatic N) is 3. The fraction of sp³-hybridized carbons (Fsp3) is 0.643. The van der Waals surface area contributed by atoms with Crippen molar-refractivity contribution in [1.82, 2.24) is 19.5 Å². The van der Waals surface area contributed by atoms with Gasteiger partial charge in [-0.15, -0.1) is 0 Å². The average molecular weight is 337 g/mol. The molecule has 4 N–H and O–H groups in total. The fourth-order valence-corrected chi connectivity index (χ4v) is 3.94. The Bertz CT molecular complexity index is 835. The number of fused-ring (bicyclic) bond motifs is 2.